The first kappa shape index (κ1) is 24.3. The Morgan fingerprint density at radius 2 is 1.65 bits per heavy atom. The third kappa shape index (κ3) is 5.10. The molecule has 5 aromatic rings. The van der Waals surface area contributed by atoms with Gasteiger partial charge in [0.25, 0.3) is 10.0 Å². The summed E-state index contributed by atoms with van der Waals surface area (Å²) < 4.78 is 34.8. The molecule has 0 spiro atoms. The SMILES string of the molecule is CCOc1ccc(NC(=O)CN(c2ccc3ncccc3c2)S(=O)(=O)c2cccc3ccccc23)cc1. The summed E-state index contributed by atoms with van der Waals surface area (Å²) in [6.45, 7) is 2.02. The van der Waals surface area contributed by atoms with Crippen LogP contribution in [0.4, 0.5) is 11.4 Å². The Balaban J connectivity index is 1.54. The monoisotopic (exact) mass is 511 g/mol. The second-order valence-corrected chi connectivity index (χ2v) is 10.2. The summed E-state index contributed by atoms with van der Waals surface area (Å²) in [7, 11) is -4.12. The van der Waals surface area contributed by atoms with Crippen molar-refractivity contribution in [2.45, 2.75) is 11.8 Å². The summed E-state index contributed by atoms with van der Waals surface area (Å²) in [6, 6.07) is 28.1. The van der Waals surface area contributed by atoms with Crippen LogP contribution in [0.25, 0.3) is 21.7 Å². The molecule has 1 amide bonds. The van der Waals surface area contributed by atoms with Gasteiger partial charge in [0.15, 0.2) is 0 Å². The summed E-state index contributed by atoms with van der Waals surface area (Å²) in [4.78, 5) is 17.6. The summed E-state index contributed by atoms with van der Waals surface area (Å²) in [5, 5.41) is 4.95. The number of pyridine rings is 1. The lowest BCUT2D eigenvalue weighted by molar-refractivity contribution is -0.114. The van der Waals surface area contributed by atoms with Crippen molar-refractivity contribution < 1.29 is 17.9 Å². The smallest absolute Gasteiger partial charge is 0.265 e. The van der Waals surface area contributed by atoms with Crippen LogP contribution >= 0.6 is 0 Å². The van der Waals surface area contributed by atoms with Gasteiger partial charge in [0.1, 0.15) is 12.3 Å². The molecule has 1 heterocycles. The molecule has 1 aromatic heterocycles. The Morgan fingerprint density at radius 1 is 0.892 bits per heavy atom. The van der Waals surface area contributed by atoms with E-state index in [-0.39, 0.29) is 4.90 Å². The van der Waals surface area contributed by atoms with Gasteiger partial charge in [-0.05, 0) is 66.9 Å². The number of fused-ring (bicyclic) bond motifs is 2. The third-order valence-electron chi connectivity index (χ3n) is 5.93. The number of benzene rings is 4. The number of sulfonamides is 1. The molecule has 0 aliphatic heterocycles. The van der Waals surface area contributed by atoms with Crippen LogP contribution in [0.1, 0.15) is 6.92 Å². The van der Waals surface area contributed by atoms with Crippen molar-refractivity contribution in [3.8, 4) is 5.75 Å². The van der Waals surface area contributed by atoms with Crippen molar-refractivity contribution in [3.63, 3.8) is 0 Å². The van der Waals surface area contributed by atoms with Gasteiger partial charge < -0.3 is 10.1 Å². The molecule has 0 radical (unpaired) electrons. The van der Waals surface area contributed by atoms with Crippen molar-refractivity contribution >= 4 is 49.0 Å². The maximum atomic E-state index is 14.1. The fraction of sp³-hybridized carbons (Fsp3) is 0.103. The lowest BCUT2D eigenvalue weighted by Gasteiger charge is -2.25. The number of carbonyl (C=O) groups excluding carboxylic acids is 1. The maximum absolute atomic E-state index is 14.1. The molecular weight excluding hydrogens is 486 g/mol. The molecule has 186 valence electrons. The minimum atomic E-state index is -4.12. The minimum absolute atomic E-state index is 0.130. The normalized spacial score (nSPS) is 11.4. The second kappa shape index (κ2) is 10.3. The highest BCUT2D eigenvalue weighted by Gasteiger charge is 2.29. The Morgan fingerprint density at radius 3 is 2.46 bits per heavy atom. The molecule has 0 aliphatic carbocycles. The number of rotatable bonds is 8. The van der Waals surface area contributed by atoms with Crippen molar-refractivity contribution in [2.24, 2.45) is 0 Å². The van der Waals surface area contributed by atoms with Crippen LogP contribution in [0.15, 0.2) is 108 Å². The number of amides is 1. The van der Waals surface area contributed by atoms with E-state index in [9.17, 15) is 13.2 Å². The molecule has 5 rings (SSSR count). The molecule has 0 fully saturated rings. The van der Waals surface area contributed by atoms with E-state index < -0.39 is 22.5 Å². The Bertz CT molecular complexity index is 1680. The number of ether oxygens (including phenoxy) is 1. The predicted octanol–water partition coefficient (Wildman–Crippen LogP) is 5.62. The van der Waals surface area contributed by atoms with E-state index >= 15 is 0 Å². The van der Waals surface area contributed by atoms with Crippen LogP contribution in [0, 0.1) is 0 Å². The van der Waals surface area contributed by atoms with Crippen LogP contribution in [0.2, 0.25) is 0 Å². The molecule has 0 saturated carbocycles. The molecule has 37 heavy (non-hydrogen) atoms. The van der Waals surface area contributed by atoms with E-state index in [1.54, 1.807) is 79.0 Å². The van der Waals surface area contributed by atoms with Gasteiger partial charge in [-0.2, -0.15) is 0 Å². The number of hydrogen-bond donors (Lipinski definition) is 1. The first-order chi connectivity index (χ1) is 18.0. The van der Waals surface area contributed by atoms with Gasteiger partial charge in [-0.15, -0.1) is 0 Å². The summed E-state index contributed by atoms with van der Waals surface area (Å²) >= 11 is 0. The van der Waals surface area contributed by atoms with E-state index in [0.29, 0.717) is 29.1 Å². The van der Waals surface area contributed by atoms with Crippen LogP contribution in [0.3, 0.4) is 0 Å². The fourth-order valence-electron chi connectivity index (χ4n) is 4.20. The Hall–Kier alpha value is -4.43. The van der Waals surface area contributed by atoms with E-state index in [2.05, 4.69) is 10.3 Å². The topological polar surface area (TPSA) is 88.6 Å². The van der Waals surface area contributed by atoms with E-state index in [0.717, 1.165) is 20.6 Å². The highest BCUT2D eigenvalue weighted by Crippen LogP contribution is 2.30. The number of nitrogens with one attached hydrogen (secondary N) is 1. The standard InChI is InChI=1S/C29H25N3O4S/c1-2-36-25-15-12-23(13-16-25)31-29(33)20-32(24-14-17-27-22(19-24)9-6-18-30-27)37(34,35)28-11-5-8-21-7-3-4-10-26(21)28/h3-19H,2,20H2,1H3,(H,31,33). The second-order valence-electron chi connectivity index (χ2n) is 8.37. The van der Waals surface area contributed by atoms with Crippen molar-refractivity contribution in [1.29, 1.82) is 0 Å². The van der Waals surface area contributed by atoms with Gasteiger partial charge >= 0.3 is 0 Å². The van der Waals surface area contributed by atoms with Crippen LogP contribution in [-0.2, 0) is 14.8 Å². The van der Waals surface area contributed by atoms with Crippen molar-refractivity contribution in [3.05, 3.63) is 103 Å². The Kier molecular flexibility index (Phi) is 6.74. The quantitative estimate of drug-likeness (QED) is 0.292. The van der Waals surface area contributed by atoms with E-state index in [4.69, 9.17) is 4.74 Å². The number of anilines is 2. The van der Waals surface area contributed by atoms with Crippen LogP contribution < -0.4 is 14.4 Å². The number of aromatic nitrogens is 1. The molecular formula is C29H25N3O4S. The molecule has 0 atom stereocenters. The molecule has 0 aliphatic rings. The van der Waals surface area contributed by atoms with E-state index in [1.807, 2.05) is 31.2 Å². The number of hydrogen-bond acceptors (Lipinski definition) is 5. The lowest BCUT2D eigenvalue weighted by atomic mass is 10.1. The summed E-state index contributed by atoms with van der Waals surface area (Å²) in [5.74, 6) is 0.213. The average Bonchev–Trinajstić information content (AvgIpc) is 2.92. The minimum Gasteiger partial charge on any atom is -0.494 e. The zero-order chi connectivity index (χ0) is 25.8. The fourth-order valence-corrected chi connectivity index (χ4v) is 5.83. The Labute approximate surface area is 215 Å². The predicted molar refractivity (Wildman–Crippen MR) is 146 cm³/mol. The van der Waals surface area contributed by atoms with Gasteiger partial charge in [-0.3, -0.25) is 14.1 Å². The zero-order valence-corrected chi connectivity index (χ0v) is 21.0. The van der Waals surface area contributed by atoms with Gasteiger partial charge in [0.2, 0.25) is 5.91 Å². The highest BCUT2D eigenvalue weighted by atomic mass is 32.2. The van der Waals surface area contributed by atoms with Crippen LogP contribution in [-0.4, -0.2) is 32.5 Å². The number of nitrogens with zero attached hydrogens (tertiary/aromatic N) is 2. The third-order valence-corrected chi connectivity index (χ3v) is 7.76. The highest BCUT2D eigenvalue weighted by molar-refractivity contribution is 7.93. The van der Waals surface area contributed by atoms with Gasteiger partial charge in [-0.1, -0.05) is 42.5 Å². The summed E-state index contributed by atoms with van der Waals surface area (Å²) in [6.07, 6.45) is 1.68. The number of carbonyl (C=O) groups is 1. The first-order valence-corrected chi connectivity index (χ1v) is 13.3. The van der Waals surface area contributed by atoms with Crippen molar-refractivity contribution in [2.75, 3.05) is 22.8 Å². The molecule has 8 heteroatoms. The zero-order valence-electron chi connectivity index (χ0n) is 20.2. The van der Waals surface area contributed by atoms with E-state index in [1.165, 1.54) is 0 Å². The van der Waals surface area contributed by atoms with Gasteiger partial charge in [-0.25, -0.2) is 8.42 Å². The van der Waals surface area contributed by atoms with Crippen LogP contribution in [0.5, 0.6) is 5.75 Å². The molecule has 0 saturated heterocycles. The maximum Gasteiger partial charge on any atom is 0.265 e. The molecule has 7 nitrogen and oxygen atoms in total. The van der Waals surface area contributed by atoms with Gasteiger partial charge in [0, 0.05) is 22.7 Å². The summed E-state index contributed by atoms with van der Waals surface area (Å²) in [5.41, 5.74) is 1.64. The largest absolute Gasteiger partial charge is 0.494 e. The molecule has 0 bridgehead atoms. The van der Waals surface area contributed by atoms with Gasteiger partial charge in [0.05, 0.1) is 22.7 Å². The molecule has 0 unspecified atom stereocenters. The molecule has 1 N–H and O–H groups in total. The van der Waals surface area contributed by atoms with Crippen molar-refractivity contribution in [1.82, 2.24) is 4.98 Å². The molecule has 4 aromatic carbocycles. The average molecular weight is 512 g/mol. The lowest BCUT2D eigenvalue weighted by Crippen LogP contribution is -2.38. The first-order valence-electron chi connectivity index (χ1n) is 11.8.